The maximum atomic E-state index is 8.82. The van der Waals surface area contributed by atoms with Gasteiger partial charge in [-0.3, -0.25) is 0 Å². The van der Waals surface area contributed by atoms with Crippen LogP contribution in [0.5, 0.6) is 0 Å². The van der Waals surface area contributed by atoms with E-state index in [0.717, 1.165) is 18.6 Å². The highest BCUT2D eigenvalue weighted by molar-refractivity contribution is 7.99. The standard InChI is InChI=1S/C10H20N2OS/c1-3-10(12,8-11)5-4-6-14-9(2)7-13/h9,13H,3-7,12H2,1-2H3. The summed E-state index contributed by atoms with van der Waals surface area (Å²) in [7, 11) is 0. The molecular weight excluding hydrogens is 196 g/mol. The maximum absolute atomic E-state index is 8.82. The molecule has 0 aliphatic heterocycles. The lowest BCUT2D eigenvalue weighted by Gasteiger charge is -2.19. The molecule has 0 heterocycles. The lowest BCUT2D eigenvalue weighted by atomic mass is 9.94. The molecule has 0 rings (SSSR count). The number of aliphatic hydroxyl groups is 1. The minimum absolute atomic E-state index is 0.213. The number of aliphatic hydroxyl groups excluding tert-OH is 1. The first-order chi connectivity index (χ1) is 6.58. The molecule has 0 spiro atoms. The average molecular weight is 216 g/mol. The van der Waals surface area contributed by atoms with Crippen LogP contribution in [0.4, 0.5) is 0 Å². The van der Waals surface area contributed by atoms with E-state index in [2.05, 4.69) is 6.07 Å². The average Bonchev–Trinajstić information content (AvgIpc) is 2.23. The summed E-state index contributed by atoms with van der Waals surface area (Å²) in [5.74, 6) is 0.961. The van der Waals surface area contributed by atoms with E-state index in [-0.39, 0.29) is 11.9 Å². The molecule has 3 N–H and O–H groups in total. The van der Waals surface area contributed by atoms with Gasteiger partial charge in [-0.2, -0.15) is 17.0 Å². The molecule has 0 saturated heterocycles. The SMILES string of the molecule is CCC(N)(C#N)CCCSC(C)CO. The van der Waals surface area contributed by atoms with Crippen LogP contribution >= 0.6 is 11.8 Å². The van der Waals surface area contributed by atoms with Gasteiger partial charge in [-0.15, -0.1) is 0 Å². The summed E-state index contributed by atoms with van der Waals surface area (Å²) >= 11 is 1.72. The van der Waals surface area contributed by atoms with E-state index >= 15 is 0 Å². The Morgan fingerprint density at radius 1 is 1.64 bits per heavy atom. The molecule has 0 aromatic heterocycles. The Morgan fingerprint density at radius 2 is 2.29 bits per heavy atom. The van der Waals surface area contributed by atoms with Gasteiger partial charge >= 0.3 is 0 Å². The molecule has 3 nitrogen and oxygen atoms in total. The Bertz CT molecular complexity index is 193. The van der Waals surface area contributed by atoms with Gasteiger partial charge in [-0.05, 0) is 25.0 Å². The molecule has 2 unspecified atom stereocenters. The summed E-state index contributed by atoms with van der Waals surface area (Å²) < 4.78 is 0. The lowest BCUT2D eigenvalue weighted by molar-refractivity contribution is 0.300. The quantitative estimate of drug-likeness (QED) is 0.633. The number of nitrogens with zero attached hydrogens (tertiary/aromatic N) is 1. The van der Waals surface area contributed by atoms with Crippen LogP contribution in [0.1, 0.15) is 33.1 Å². The molecule has 0 aromatic carbocycles. The summed E-state index contributed by atoms with van der Waals surface area (Å²) in [6, 6.07) is 2.15. The van der Waals surface area contributed by atoms with E-state index in [1.165, 1.54) is 0 Å². The van der Waals surface area contributed by atoms with E-state index in [1.54, 1.807) is 11.8 Å². The van der Waals surface area contributed by atoms with Crippen molar-refractivity contribution in [2.75, 3.05) is 12.4 Å². The number of rotatable bonds is 7. The van der Waals surface area contributed by atoms with Crippen molar-refractivity contribution >= 4 is 11.8 Å². The Hall–Kier alpha value is -0.240. The van der Waals surface area contributed by atoms with Gasteiger partial charge in [-0.25, -0.2) is 0 Å². The van der Waals surface area contributed by atoms with Gasteiger partial charge in [0.25, 0.3) is 0 Å². The molecule has 2 atom stereocenters. The molecule has 4 heteroatoms. The highest BCUT2D eigenvalue weighted by atomic mass is 32.2. The van der Waals surface area contributed by atoms with Crippen molar-refractivity contribution < 1.29 is 5.11 Å². The molecule has 0 bridgehead atoms. The zero-order valence-corrected chi connectivity index (χ0v) is 9.81. The Balaban J connectivity index is 3.59. The van der Waals surface area contributed by atoms with Gasteiger partial charge in [0.05, 0.1) is 12.7 Å². The third kappa shape index (κ3) is 5.48. The van der Waals surface area contributed by atoms with Crippen LogP contribution in [0.2, 0.25) is 0 Å². The summed E-state index contributed by atoms with van der Waals surface area (Å²) in [6.07, 6.45) is 2.38. The topological polar surface area (TPSA) is 70.0 Å². The predicted molar refractivity (Wildman–Crippen MR) is 61.1 cm³/mol. The number of hydrogen-bond donors (Lipinski definition) is 2. The molecule has 0 aromatic rings. The van der Waals surface area contributed by atoms with E-state index in [9.17, 15) is 0 Å². The Labute approximate surface area is 90.7 Å². The number of nitrogens with two attached hydrogens (primary N) is 1. The van der Waals surface area contributed by atoms with Crippen molar-refractivity contribution in [2.24, 2.45) is 5.73 Å². The minimum Gasteiger partial charge on any atom is -0.395 e. The molecular formula is C10H20N2OS. The first kappa shape index (κ1) is 13.8. The summed E-state index contributed by atoms with van der Waals surface area (Å²) in [5.41, 5.74) is 5.18. The smallest absolute Gasteiger partial charge is 0.104 e. The van der Waals surface area contributed by atoms with Gasteiger partial charge in [0.15, 0.2) is 0 Å². The number of hydrogen-bond acceptors (Lipinski definition) is 4. The van der Waals surface area contributed by atoms with Crippen LogP contribution in [0.25, 0.3) is 0 Å². The molecule has 0 aliphatic carbocycles. The van der Waals surface area contributed by atoms with Crippen molar-refractivity contribution in [3.8, 4) is 6.07 Å². The van der Waals surface area contributed by atoms with Crippen LogP contribution in [0, 0.1) is 11.3 Å². The monoisotopic (exact) mass is 216 g/mol. The van der Waals surface area contributed by atoms with E-state index in [1.807, 2.05) is 13.8 Å². The van der Waals surface area contributed by atoms with Crippen molar-refractivity contribution in [3.05, 3.63) is 0 Å². The molecule has 14 heavy (non-hydrogen) atoms. The largest absolute Gasteiger partial charge is 0.395 e. The normalized spacial score (nSPS) is 17.1. The highest BCUT2D eigenvalue weighted by Gasteiger charge is 2.20. The molecule has 82 valence electrons. The number of nitriles is 1. The molecule has 0 saturated carbocycles. The predicted octanol–water partition coefficient (Wildman–Crippen LogP) is 1.51. The van der Waals surface area contributed by atoms with Crippen LogP contribution in [0.15, 0.2) is 0 Å². The molecule has 0 amide bonds. The number of thioether (sulfide) groups is 1. The summed E-state index contributed by atoms with van der Waals surface area (Å²) in [5, 5.41) is 17.9. The third-order valence-corrected chi connectivity index (χ3v) is 3.52. The van der Waals surface area contributed by atoms with Crippen molar-refractivity contribution in [2.45, 2.75) is 43.9 Å². The van der Waals surface area contributed by atoms with Gasteiger partial charge in [-0.1, -0.05) is 13.8 Å². The zero-order valence-electron chi connectivity index (χ0n) is 8.99. The Morgan fingerprint density at radius 3 is 2.71 bits per heavy atom. The second-order valence-electron chi connectivity index (χ2n) is 3.59. The zero-order chi connectivity index (χ0) is 11.0. The fourth-order valence-corrected chi connectivity index (χ4v) is 1.86. The first-order valence-electron chi connectivity index (χ1n) is 5.00. The van der Waals surface area contributed by atoms with Crippen LogP contribution < -0.4 is 5.73 Å². The van der Waals surface area contributed by atoms with Gasteiger partial charge < -0.3 is 10.8 Å². The van der Waals surface area contributed by atoms with Gasteiger partial charge in [0, 0.05) is 5.25 Å². The summed E-state index contributed by atoms with van der Waals surface area (Å²) in [4.78, 5) is 0. The Kier molecular flexibility index (Phi) is 6.98. The van der Waals surface area contributed by atoms with E-state index in [0.29, 0.717) is 6.42 Å². The highest BCUT2D eigenvalue weighted by Crippen LogP contribution is 2.17. The van der Waals surface area contributed by atoms with E-state index in [4.69, 9.17) is 16.1 Å². The summed E-state index contributed by atoms with van der Waals surface area (Å²) in [6.45, 7) is 4.14. The van der Waals surface area contributed by atoms with Crippen molar-refractivity contribution in [1.29, 1.82) is 5.26 Å². The van der Waals surface area contributed by atoms with Crippen molar-refractivity contribution in [1.82, 2.24) is 0 Å². The second kappa shape index (κ2) is 7.10. The molecule has 0 fully saturated rings. The van der Waals surface area contributed by atoms with Crippen LogP contribution in [-0.4, -0.2) is 28.3 Å². The fraction of sp³-hybridized carbons (Fsp3) is 0.900. The fourth-order valence-electron chi connectivity index (χ4n) is 1.04. The van der Waals surface area contributed by atoms with E-state index < -0.39 is 5.54 Å². The molecule has 0 radical (unpaired) electrons. The van der Waals surface area contributed by atoms with Crippen LogP contribution in [0.3, 0.4) is 0 Å². The van der Waals surface area contributed by atoms with Gasteiger partial charge in [0.1, 0.15) is 5.54 Å². The minimum atomic E-state index is -0.650. The first-order valence-corrected chi connectivity index (χ1v) is 6.05. The lowest BCUT2D eigenvalue weighted by Crippen LogP contribution is -2.37. The third-order valence-electron chi connectivity index (χ3n) is 2.28. The van der Waals surface area contributed by atoms with Crippen molar-refractivity contribution in [3.63, 3.8) is 0 Å². The maximum Gasteiger partial charge on any atom is 0.104 e. The van der Waals surface area contributed by atoms with Gasteiger partial charge in [0.2, 0.25) is 0 Å². The second-order valence-corrected chi connectivity index (χ2v) is 5.14. The molecule has 0 aliphatic rings. The van der Waals surface area contributed by atoms with Crippen LogP contribution in [-0.2, 0) is 0 Å².